The van der Waals surface area contributed by atoms with Crippen molar-refractivity contribution in [2.75, 3.05) is 6.61 Å². The summed E-state index contributed by atoms with van der Waals surface area (Å²) < 4.78 is 7.73. The zero-order valence-electron chi connectivity index (χ0n) is 17.0. The van der Waals surface area contributed by atoms with Gasteiger partial charge in [-0.25, -0.2) is 4.79 Å². The highest BCUT2D eigenvalue weighted by Gasteiger charge is 2.17. The molecule has 0 radical (unpaired) electrons. The number of aromatic nitrogens is 1. The van der Waals surface area contributed by atoms with Crippen LogP contribution < -0.4 is 4.74 Å². The molecule has 1 N–H and O–H groups in total. The number of aryl methyl sites for hydroxylation is 1. The van der Waals surface area contributed by atoms with Crippen LogP contribution in [0.4, 0.5) is 0 Å². The number of ether oxygens (including phenoxy) is 1. The number of carboxylic acids is 1. The van der Waals surface area contributed by atoms with E-state index in [1.165, 1.54) is 10.9 Å². The Kier molecular flexibility index (Phi) is 6.54. The maximum Gasteiger partial charge on any atom is 0.344 e. The largest absolute Gasteiger partial charge is 0.479 e. The van der Waals surface area contributed by atoms with E-state index in [2.05, 4.69) is 27.9 Å². The number of benzene rings is 2. The highest BCUT2D eigenvalue weighted by molar-refractivity contribution is 5.98. The van der Waals surface area contributed by atoms with Crippen LogP contribution in [0.15, 0.2) is 59.9 Å². The Labute approximate surface area is 170 Å². The predicted octanol–water partition coefficient (Wildman–Crippen LogP) is 4.63. The number of hydrogen-bond acceptors (Lipinski definition) is 4. The van der Waals surface area contributed by atoms with Gasteiger partial charge in [0, 0.05) is 11.7 Å². The maximum atomic E-state index is 11.2. The number of oxime groups is 1. The first-order valence-electron chi connectivity index (χ1n) is 9.70. The maximum absolute atomic E-state index is 11.2. The molecule has 1 aromatic heterocycles. The van der Waals surface area contributed by atoms with E-state index in [1.807, 2.05) is 44.3 Å². The van der Waals surface area contributed by atoms with Crippen molar-refractivity contribution in [3.8, 4) is 5.75 Å². The number of para-hydroxylation sites is 1. The Balaban J connectivity index is 1.59. The van der Waals surface area contributed by atoms with Gasteiger partial charge in [0.05, 0.1) is 12.3 Å². The van der Waals surface area contributed by atoms with Gasteiger partial charge in [0.1, 0.15) is 12.4 Å². The molecule has 0 saturated carbocycles. The highest BCUT2D eigenvalue weighted by Crippen LogP contribution is 2.22. The third kappa shape index (κ3) is 4.96. The van der Waals surface area contributed by atoms with Gasteiger partial charge >= 0.3 is 5.97 Å². The van der Waals surface area contributed by atoms with Gasteiger partial charge in [-0.15, -0.1) is 0 Å². The molecule has 0 aliphatic carbocycles. The average Bonchev–Trinajstić information content (AvgIpc) is 3.13. The Morgan fingerprint density at radius 1 is 1.21 bits per heavy atom. The zero-order valence-corrected chi connectivity index (χ0v) is 17.0. The summed E-state index contributed by atoms with van der Waals surface area (Å²) in [5.41, 5.74) is 3.69. The lowest BCUT2D eigenvalue weighted by atomic mass is 10.1. The first-order chi connectivity index (χ1) is 14.0. The van der Waals surface area contributed by atoms with Gasteiger partial charge in [-0.2, -0.15) is 0 Å². The van der Waals surface area contributed by atoms with Crippen LogP contribution in [0.3, 0.4) is 0 Å². The van der Waals surface area contributed by atoms with E-state index in [9.17, 15) is 4.79 Å². The summed E-state index contributed by atoms with van der Waals surface area (Å²) >= 11 is 0. The number of hydrogen-bond donors (Lipinski definition) is 1. The van der Waals surface area contributed by atoms with E-state index < -0.39 is 12.1 Å². The van der Waals surface area contributed by atoms with Gasteiger partial charge in [-0.1, -0.05) is 30.3 Å². The van der Waals surface area contributed by atoms with Crippen LogP contribution in [0.1, 0.15) is 31.4 Å². The van der Waals surface area contributed by atoms with Crippen LogP contribution in [0.25, 0.3) is 10.9 Å². The molecule has 6 nitrogen and oxygen atoms in total. The van der Waals surface area contributed by atoms with Gasteiger partial charge < -0.3 is 19.2 Å². The minimum Gasteiger partial charge on any atom is -0.479 e. The second-order valence-corrected chi connectivity index (χ2v) is 6.91. The Bertz CT molecular complexity index is 1020. The third-order valence-corrected chi connectivity index (χ3v) is 4.81. The Hall–Kier alpha value is -3.28. The summed E-state index contributed by atoms with van der Waals surface area (Å²) in [5, 5.41) is 14.6. The molecule has 1 unspecified atom stereocenters. The predicted molar refractivity (Wildman–Crippen MR) is 114 cm³/mol. The molecule has 0 saturated heterocycles. The van der Waals surface area contributed by atoms with E-state index in [-0.39, 0.29) is 0 Å². The van der Waals surface area contributed by atoms with E-state index >= 15 is 0 Å². The molecule has 0 amide bonds. The van der Waals surface area contributed by atoms with Crippen LogP contribution in [0.2, 0.25) is 0 Å². The number of fused-ring (bicyclic) bond motifs is 1. The van der Waals surface area contributed by atoms with E-state index in [0.717, 1.165) is 16.8 Å². The van der Waals surface area contributed by atoms with Crippen molar-refractivity contribution >= 4 is 22.6 Å². The Morgan fingerprint density at radius 2 is 2.00 bits per heavy atom. The van der Waals surface area contributed by atoms with Crippen molar-refractivity contribution in [3.05, 3.63) is 65.9 Å². The second kappa shape index (κ2) is 9.28. The molecule has 0 fully saturated rings. The van der Waals surface area contributed by atoms with Crippen LogP contribution in [0, 0.1) is 6.92 Å². The molecular weight excluding hydrogens is 368 g/mol. The summed E-state index contributed by atoms with van der Waals surface area (Å²) in [4.78, 5) is 16.7. The third-order valence-electron chi connectivity index (χ3n) is 4.81. The number of carbonyl (C=O) groups is 1. The first-order valence-corrected chi connectivity index (χ1v) is 9.70. The van der Waals surface area contributed by atoms with E-state index in [4.69, 9.17) is 14.7 Å². The molecule has 0 spiro atoms. The van der Waals surface area contributed by atoms with Gasteiger partial charge in [-0.3, -0.25) is 0 Å². The SMILES string of the molecule is CCC(Oc1ccc(C(C)=NOCCn2ccc3ccccc32)cc1C)C(=O)O. The second-order valence-electron chi connectivity index (χ2n) is 6.91. The van der Waals surface area contributed by atoms with Gasteiger partial charge in [0.2, 0.25) is 0 Å². The number of aliphatic carboxylic acids is 1. The highest BCUT2D eigenvalue weighted by atomic mass is 16.6. The molecule has 0 bridgehead atoms. The molecule has 29 heavy (non-hydrogen) atoms. The molecular formula is C23H26N2O4. The minimum absolute atomic E-state index is 0.404. The van der Waals surface area contributed by atoms with Crippen LogP contribution in [-0.2, 0) is 16.2 Å². The fraction of sp³-hybridized carbons (Fsp3) is 0.304. The molecule has 2 aromatic carbocycles. The quantitative estimate of drug-likeness (QED) is 0.326. The molecule has 0 aliphatic rings. The number of carboxylic acid groups (broad SMARTS) is 1. The molecule has 3 rings (SSSR count). The van der Waals surface area contributed by atoms with Gasteiger partial charge in [-0.05, 0) is 67.1 Å². The topological polar surface area (TPSA) is 73.0 Å². The summed E-state index contributed by atoms with van der Waals surface area (Å²) in [6.45, 7) is 6.73. The first kappa shape index (κ1) is 20.5. The minimum atomic E-state index is -0.961. The smallest absolute Gasteiger partial charge is 0.344 e. The average molecular weight is 394 g/mol. The lowest BCUT2D eigenvalue weighted by Crippen LogP contribution is -2.26. The molecule has 1 atom stereocenters. The standard InChI is InChI=1S/C23H26N2O4/c1-4-21(23(26)27)29-22-10-9-19(15-16(22)2)17(3)24-28-14-13-25-12-11-18-7-5-6-8-20(18)25/h5-12,15,21H,4,13-14H2,1-3H3,(H,26,27). The lowest BCUT2D eigenvalue weighted by Gasteiger charge is -2.15. The van der Waals surface area contributed by atoms with Gasteiger partial charge in [0.25, 0.3) is 0 Å². The molecule has 152 valence electrons. The fourth-order valence-electron chi connectivity index (χ4n) is 3.14. The monoisotopic (exact) mass is 394 g/mol. The van der Waals surface area contributed by atoms with Crippen molar-refractivity contribution in [2.45, 2.75) is 39.8 Å². The Morgan fingerprint density at radius 3 is 2.72 bits per heavy atom. The number of nitrogens with zero attached hydrogens (tertiary/aromatic N) is 2. The molecule has 6 heteroatoms. The van der Waals surface area contributed by atoms with Crippen molar-refractivity contribution in [1.29, 1.82) is 0 Å². The van der Waals surface area contributed by atoms with Crippen molar-refractivity contribution in [1.82, 2.24) is 4.57 Å². The molecule has 0 aliphatic heterocycles. The summed E-state index contributed by atoms with van der Waals surface area (Å²) in [5.74, 6) is -0.395. The van der Waals surface area contributed by atoms with Crippen LogP contribution in [-0.4, -0.2) is 34.1 Å². The zero-order chi connectivity index (χ0) is 20.8. The number of rotatable bonds is 9. The van der Waals surface area contributed by atoms with Crippen LogP contribution >= 0.6 is 0 Å². The normalized spacial score (nSPS) is 12.7. The van der Waals surface area contributed by atoms with Crippen molar-refractivity contribution < 1.29 is 19.5 Å². The summed E-state index contributed by atoms with van der Waals surface area (Å²) in [6.07, 6.45) is 1.61. The lowest BCUT2D eigenvalue weighted by molar-refractivity contribution is -0.145. The van der Waals surface area contributed by atoms with E-state index in [1.54, 1.807) is 13.0 Å². The fourth-order valence-corrected chi connectivity index (χ4v) is 3.14. The molecule has 1 heterocycles. The van der Waals surface area contributed by atoms with Crippen molar-refractivity contribution in [2.24, 2.45) is 5.16 Å². The van der Waals surface area contributed by atoms with Crippen molar-refractivity contribution in [3.63, 3.8) is 0 Å². The van der Waals surface area contributed by atoms with Gasteiger partial charge in [0.15, 0.2) is 6.10 Å². The van der Waals surface area contributed by atoms with E-state index in [0.29, 0.717) is 25.3 Å². The molecule has 3 aromatic rings. The summed E-state index contributed by atoms with van der Waals surface area (Å²) in [7, 11) is 0. The van der Waals surface area contributed by atoms with Crippen LogP contribution in [0.5, 0.6) is 5.75 Å². The summed E-state index contributed by atoms with van der Waals surface area (Å²) in [6, 6.07) is 15.9.